The lowest BCUT2D eigenvalue weighted by atomic mass is 10.3. The summed E-state index contributed by atoms with van der Waals surface area (Å²) >= 11 is 3.88. The number of thiol groups is 1. The maximum atomic E-state index is 11.5. The van der Waals surface area contributed by atoms with Crippen LogP contribution in [0.4, 0.5) is 0 Å². The number of nitrogens with zero attached hydrogens (tertiary/aromatic N) is 1. The number of aldehydes is 1. The minimum atomic E-state index is -0.762. The highest BCUT2D eigenvalue weighted by molar-refractivity contribution is 7.80. The van der Waals surface area contributed by atoms with Crippen molar-refractivity contribution in [2.75, 3.05) is 19.0 Å². The number of hydrogen-bond acceptors (Lipinski definition) is 5. The average Bonchev–Trinajstić information content (AvgIpc) is 2.21. The third-order valence-electron chi connectivity index (χ3n) is 1.64. The molecule has 2 amide bonds. The summed E-state index contributed by atoms with van der Waals surface area (Å²) in [6.45, 7) is 1.21. The van der Waals surface area contributed by atoms with Crippen molar-refractivity contribution in [3.8, 4) is 0 Å². The fraction of sp³-hybridized carbons (Fsp3) is 0.625. The highest BCUT2D eigenvalue weighted by atomic mass is 32.1. The van der Waals surface area contributed by atoms with Crippen LogP contribution in [-0.4, -0.2) is 48.0 Å². The average molecular weight is 233 g/mol. The Kier molecular flexibility index (Phi) is 6.72. The molecule has 0 unspecified atom stereocenters. The number of nitrogens with one attached hydrogen (secondary N) is 1. The van der Waals surface area contributed by atoms with Gasteiger partial charge in [0.2, 0.25) is 11.8 Å². The Balaban J connectivity index is 4.30. The van der Waals surface area contributed by atoms with E-state index in [1.54, 1.807) is 0 Å². The van der Waals surface area contributed by atoms with Gasteiger partial charge in [-0.15, -0.1) is 0 Å². The van der Waals surface area contributed by atoms with Crippen molar-refractivity contribution in [3.05, 3.63) is 0 Å². The van der Waals surface area contributed by atoms with Crippen molar-refractivity contribution in [3.63, 3.8) is 0 Å². The van der Waals surface area contributed by atoms with Gasteiger partial charge in [0.15, 0.2) is 0 Å². The molecule has 0 aromatic rings. The van der Waals surface area contributed by atoms with E-state index in [1.807, 2.05) is 0 Å². The Morgan fingerprint density at radius 2 is 2.20 bits per heavy atom. The van der Waals surface area contributed by atoms with Gasteiger partial charge in [-0.3, -0.25) is 9.59 Å². The van der Waals surface area contributed by atoms with Crippen LogP contribution in [0.5, 0.6) is 0 Å². The number of amides is 2. The minimum absolute atomic E-state index is 0.0195. The topological polar surface area (TPSA) is 92.5 Å². The zero-order chi connectivity index (χ0) is 11.8. The molecule has 6 nitrogen and oxygen atoms in total. The summed E-state index contributed by atoms with van der Waals surface area (Å²) in [5.74, 6) is -0.502. The molecule has 0 heterocycles. The summed E-state index contributed by atoms with van der Waals surface area (Å²) in [7, 11) is 0. The lowest BCUT2D eigenvalue weighted by Gasteiger charge is -2.22. The van der Waals surface area contributed by atoms with Gasteiger partial charge in [-0.1, -0.05) is 0 Å². The molecule has 7 heteroatoms. The summed E-state index contributed by atoms with van der Waals surface area (Å²) in [5, 5.41) is 2.42. The first-order valence-electron chi connectivity index (χ1n) is 4.36. The van der Waals surface area contributed by atoms with Crippen molar-refractivity contribution < 1.29 is 14.4 Å². The zero-order valence-corrected chi connectivity index (χ0v) is 9.37. The predicted octanol–water partition coefficient (Wildman–Crippen LogP) is -1.64. The first kappa shape index (κ1) is 13.9. The quantitative estimate of drug-likeness (QED) is 0.291. The lowest BCUT2D eigenvalue weighted by molar-refractivity contribution is -0.135. The molecule has 86 valence electrons. The van der Waals surface area contributed by atoms with Crippen molar-refractivity contribution in [2.45, 2.75) is 13.0 Å². The summed E-state index contributed by atoms with van der Waals surface area (Å²) in [6, 6.07) is -0.762. The van der Waals surface area contributed by atoms with Crippen LogP contribution in [0.3, 0.4) is 0 Å². The van der Waals surface area contributed by atoms with Crippen LogP contribution in [0.2, 0.25) is 0 Å². The van der Waals surface area contributed by atoms with E-state index in [0.717, 1.165) is 4.90 Å². The van der Waals surface area contributed by atoms with Gasteiger partial charge in [-0.2, -0.15) is 12.6 Å². The molecule has 0 aliphatic heterocycles. The van der Waals surface area contributed by atoms with Crippen LogP contribution in [0.25, 0.3) is 0 Å². The molecule has 0 radical (unpaired) electrons. The zero-order valence-electron chi connectivity index (χ0n) is 8.47. The van der Waals surface area contributed by atoms with Crippen molar-refractivity contribution in [1.82, 2.24) is 10.2 Å². The van der Waals surface area contributed by atoms with E-state index >= 15 is 0 Å². The molecule has 0 aliphatic carbocycles. The molecule has 0 aliphatic rings. The van der Waals surface area contributed by atoms with Crippen LogP contribution >= 0.6 is 12.6 Å². The number of nitrogens with two attached hydrogens (primary N) is 1. The van der Waals surface area contributed by atoms with Gasteiger partial charge in [-0.25, -0.2) is 0 Å². The molecular weight excluding hydrogens is 218 g/mol. The molecule has 3 N–H and O–H groups in total. The van der Waals surface area contributed by atoms with Crippen LogP contribution < -0.4 is 11.1 Å². The second kappa shape index (κ2) is 7.24. The first-order chi connectivity index (χ1) is 7.02. The van der Waals surface area contributed by atoms with Gasteiger partial charge in [0.05, 0.1) is 19.3 Å². The Hall–Kier alpha value is -1.08. The molecule has 0 spiro atoms. The SMILES string of the molecule is CC(=O)NCN(CC=O)C(=O)[C@@H](N)CS. The van der Waals surface area contributed by atoms with Crippen LogP contribution in [0.1, 0.15) is 6.92 Å². The second-order valence-electron chi connectivity index (χ2n) is 2.91. The normalized spacial score (nSPS) is 11.7. The summed E-state index contributed by atoms with van der Waals surface area (Å²) in [4.78, 5) is 33.6. The number of carbonyl (C=O) groups is 3. The maximum Gasteiger partial charge on any atom is 0.242 e. The molecule has 0 aromatic heterocycles. The third-order valence-corrected chi connectivity index (χ3v) is 2.03. The monoisotopic (exact) mass is 233 g/mol. The molecule has 0 bridgehead atoms. The highest BCUT2D eigenvalue weighted by Crippen LogP contribution is 1.93. The van der Waals surface area contributed by atoms with E-state index in [0.29, 0.717) is 6.29 Å². The van der Waals surface area contributed by atoms with E-state index in [1.165, 1.54) is 6.92 Å². The summed E-state index contributed by atoms with van der Waals surface area (Å²) in [5.41, 5.74) is 5.46. The molecule has 0 rings (SSSR count). The first-order valence-corrected chi connectivity index (χ1v) is 4.99. The Labute approximate surface area is 93.6 Å². The molecule has 1 atom stereocenters. The Morgan fingerprint density at radius 3 is 2.60 bits per heavy atom. The maximum absolute atomic E-state index is 11.5. The standard InChI is InChI=1S/C8H15N3O3S/c1-6(13)10-5-11(2-3-12)8(14)7(9)4-15/h3,7,15H,2,4-5,9H2,1H3,(H,10,13)/t7-/m0/s1. The summed E-state index contributed by atoms with van der Waals surface area (Å²) < 4.78 is 0. The van der Waals surface area contributed by atoms with Crippen LogP contribution in [0, 0.1) is 0 Å². The van der Waals surface area contributed by atoms with E-state index in [9.17, 15) is 14.4 Å². The Morgan fingerprint density at radius 1 is 1.60 bits per heavy atom. The van der Waals surface area contributed by atoms with Crippen molar-refractivity contribution >= 4 is 30.7 Å². The third kappa shape index (κ3) is 5.38. The second-order valence-corrected chi connectivity index (χ2v) is 3.27. The molecule has 0 saturated heterocycles. The lowest BCUT2D eigenvalue weighted by Crippen LogP contribution is -2.49. The van der Waals surface area contributed by atoms with Gasteiger partial charge in [0.25, 0.3) is 0 Å². The van der Waals surface area contributed by atoms with Gasteiger partial charge < -0.3 is 20.7 Å². The van der Waals surface area contributed by atoms with E-state index in [2.05, 4.69) is 17.9 Å². The van der Waals surface area contributed by atoms with E-state index in [4.69, 9.17) is 5.73 Å². The predicted molar refractivity (Wildman–Crippen MR) is 58.3 cm³/mol. The van der Waals surface area contributed by atoms with Gasteiger partial charge in [0, 0.05) is 12.7 Å². The molecule has 0 saturated carbocycles. The molecular formula is C8H15N3O3S. The smallest absolute Gasteiger partial charge is 0.242 e. The largest absolute Gasteiger partial charge is 0.339 e. The highest BCUT2D eigenvalue weighted by Gasteiger charge is 2.19. The fourth-order valence-electron chi connectivity index (χ4n) is 0.842. The minimum Gasteiger partial charge on any atom is -0.339 e. The molecule has 0 fully saturated rings. The van der Waals surface area contributed by atoms with Crippen LogP contribution in [0.15, 0.2) is 0 Å². The Bertz CT molecular complexity index is 247. The molecule has 0 aromatic carbocycles. The van der Waals surface area contributed by atoms with E-state index in [-0.39, 0.29) is 24.9 Å². The number of carbonyl (C=O) groups excluding carboxylic acids is 3. The fourth-order valence-corrected chi connectivity index (χ4v) is 0.998. The van der Waals surface area contributed by atoms with E-state index < -0.39 is 11.9 Å². The van der Waals surface area contributed by atoms with Gasteiger partial charge in [-0.05, 0) is 0 Å². The molecule has 15 heavy (non-hydrogen) atoms. The summed E-state index contributed by atoms with van der Waals surface area (Å²) in [6.07, 6.45) is 0.574. The number of rotatable bonds is 6. The van der Waals surface area contributed by atoms with Crippen molar-refractivity contribution in [2.24, 2.45) is 5.73 Å². The van der Waals surface area contributed by atoms with Crippen LogP contribution in [-0.2, 0) is 14.4 Å². The van der Waals surface area contributed by atoms with Crippen molar-refractivity contribution in [1.29, 1.82) is 0 Å². The number of hydrogen-bond donors (Lipinski definition) is 3. The van der Waals surface area contributed by atoms with Gasteiger partial charge >= 0.3 is 0 Å². The van der Waals surface area contributed by atoms with Gasteiger partial charge in [0.1, 0.15) is 6.29 Å².